The van der Waals surface area contributed by atoms with Crippen molar-refractivity contribution < 1.29 is 26.6 Å². The Bertz CT molecular complexity index is 517. The van der Waals surface area contributed by atoms with Crippen molar-refractivity contribution in [3.63, 3.8) is 0 Å². The number of rotatable bonds is 5. The van der Waals surface area contributed by atoms with Crippen molar-refractivity contribution >= 4 is 17.8 Å². The monoisotopic (exact) mass is 281 g/mol. The molecule has 0 bridgehead atoms. The molecule has 0 saturated carbocycles. The van der Waals surface area contributed by atoms with Gasteiger partial charge in [0.15, 0.2) is 0 Å². The van der Waals surface area contributed by atoms with Gasteiger partial charge in [0.2, 0.25) is 10.0 Å². The molecule has 96 valence electrons. The highest BCUT2D eigenvalue weighted by Gasteiger charge is 2.24. The SMILES string of the molecule is COP(=O)(OC)Oc1ccc(S(N)(=O)=O)cc1. The summed E-state index contributed by atoms with van der Waals surface area (Å²) in [6.07, 6.45) is 0. The molecule has 0 amide bonds. The van der Waals surface area contributed by atoms with Crippen molar-refractivity contribution in [2.75, 3.05) is 14.2 Å². The van der Waals surface area contributed by atoms with Gasteiger partial charge in [-0.15, -0.1) is 0 Å². The molecular weight excluding hydrogens is 269 g/mol. The van der Waals surface area contributed by atoms with E-state index in [0.29, 0.717) is 0 Å². The lowest BCUT2D eigenvalue weighted by Crippen LogP contribution is -2.11. The maximum absolute atomic E-state index is 11.6. The molecule has 0 radical (unpaired) electrons. The molecule has 0 unspecified atom stereocenters. The highest BCUT2D eigenvalue weighted by Crippen LogP contribution is 2.47. The highest BCUT2D eigenvalue weighted by atomic mass is 32.2. The van der Waals surface area contributed by atoms with Gasteiger partial charge in [0.1, 0.15) is 5.75 Å². The van der Waals surface area contributed by atoms with Crippen LogP contribution in [0.2, 0.25) is 0 Å². The number of benzene rings is 1. The lowest BCUT2D eigenvalue weighted by molar-refractivity contribution is 0.211. The van der Waals surface area contributed by atoms with Crippen molar-refractivity contribution in [1.82, 2.24) is 0 Å². The Labute approximate surface area is 99.2 Å². The molecule has 0 heterocycles. The first-order valence-electron chi connectivity index (χ1n) is 4.35. The second kappa shape index (κ2) is 5.16. The van der Waals surface area contributed by atoms with Gasteiger partial charge in [-0.1, -0.05) is 0 Å². The molecule has 1 aromatic rings. The van der Waals surface area contributed by atoms with E-state index in [9.17, 15) is 13.0 Å². The quantitative estimate of drug-likeness (QED) is 0.810. The third-order valence-electron chi connectivity index (χ3n) is 1.82. The molecule has 0 atom stereocenters. The molecule has 0 aliphatic rings. The topological polar surface area (TPSA) is 105 Å². The number of phosphoric ester groups is 1. The van der Waals surface area contributed by atoms with Crippen molar-refractivity contribution in [3.05, 3.63) is 24.3 Å². The molecule has 0 aliphatic carbocycles. The molecule has 0 aliphatic heterocycles. The number of hydrogen-bond acceptors (Lipinski definition) is 6. The number of sulfonamides is 1. The molecule has 9 heteroatoms. The van der Waals surface area contributed by atoms with E-state index < -0.39 is 17.8 Å². The van der Waals surface area contributed by atoms with E-state index in [1.165, 1.54) is 38.5 Å². The molecule has 0 spiro atoms. The van der Waals surface area contributed by atoms with E-state index >= 15 is 0 Å². The van der Waals surface area contributed by atoms with Gasteiger partial charge in [0.05, 0.1) is 4.90 Å². The first-order chi connectivity index (χ1) is 7.80. The summed E-state index contributed by atoms with van der Waals surface area (Å²) < 4.78 is 47.6. The summed E-state index contributed by atoms with van der Waals surface area (Å²) in [4.78, 5) is -0.0745. The van der Waals surface area contributed by atoms with Gasteiger partial charge in [-0.25, -0.2) is 18.1 Å². The Hall–Kier alpha value is -0.920. The van der Waals surface area contributed by atoms with Crippen LogP contribution in [0.5, 0.6) is 5.75 Å². The predicted molar refractivity (Wildman–Crippen MR) is 60.1 cm³/mol. The molecule has 0 aromatic heterocycles. The predicted octanol–water partition coefficient (Wildman–Crippen LogP) is 1.11. The zero-order valence-electron chi connectivity index (χ0n) is 9.19. The second-order valence-corrected chi connectivity index (χ2v) is 6.29. The first kappa shape index (κ1) is 14.1. The minimum atomic E-state index is -3.76. The van der Waals surface area contributed by atoms with Crippen LogP contribution in [0.15, 0.2) is 29.2 Å². The summed E-state index contributed by atoms with van der Waals surface area (Å²) in [6, 6.07) is 5.04. The Morgan fingerprint density at radius 1 is 1.12 bits per heavy atom. The zero-order valence-corrected chi connectivity index (χ0v) is 10.9. The first-order valence-corrected chi connectivity index (χ1v) is 7.35. The van der Waals surface area contributed by atoms with Crippen LogP contribution in [0.1, 0.15) is 0 Å². The van der Waals surface area contributed by atoms with E-state index in [-0.39, 0.29) is 10.6 Å². The summed E-state index contributed by atoms with van der Waals surface area (Å²) in [5.74, 6) is 0.143. The van der Waals surface area contributed by atoms with Gasteiger partial charge >= 0.3 is 7.82 Å². The largest absolute Gasteiger partial charge is 0.529 e. The number of nitrogens with two attached hydrogens (primary N) is 1. The molecule has 1 rings (SSSR count). The fourth-order valence-electron chi connectivity index (χ4n) is 0.968. The van der Waals surface area contributed by atoms with Crippen LogP contribution in [0.25, 0.3) is 0 Å². The molecule has 1 aromatic carbocycles. The van der Waals surface area contributed by atoms with Crippen molar-refractivity contribution in [3.8, 4) is 5.75 Å². The van der Waals surface area contributed by atoms with E-state index in [1.54, 1.807) is 0 Å². The van der Waals surface area contributed by atoms with Crippen LogP contribution in [-0.2, 0) is 23.6 Å². The normalized spacial score (nSPS) is 12.4. The summed E-state index contributed by atoms with van der Waals surface area (Å²) in [6.45, 7) is 0. The van der Waals surface area contributed by atoms with Gasteiger partial charge in [0.25, 0.3) is 0 Å². The summed E-state index contributed by atoms with van der Waals surface area (Å²) in [5, 5.41) is 4.91. The van der Waals surface area contributed by atoms with Gasteiger partial charge < -0.3 is 4.52 Å². The van der Waals surface area contributed by atoms with Gasteiger partial charge in [-0.2, -0.15) is 0 Å². The smallest absolute Gasteiger partial charge is 0.404 e. The summed E-state index contributed by atoms with van der Waals surface area (Å²) in [5.41, 5.74) is 0. The van der Waals surface area contributed by atoms with Crippen LogP contribution in [0.4, 0.5) is 0 Å². The maximum atomic E-state index is 11.6. The molecule has 0 fully saturated rings. The van der Waals surface area contributed by atoms with Crippen molar-refractivity contribution in [2.24, 2.45) is 5.14 Å². The Morgan fingerprint density at radius 3 is 1.94 bits per heavy atom. The summed E-state index contributed by atoms with van der Waals surface area (Å²) in [7, 11) is -5.06. The minimum absolute atomic E-state index is 0.0745. The Morgan fingerprint density at radius 2 is 1.59 bits per heavy atom. The highest BCUT2D eigenvalue weighted by molar-refractivity contribution is 7.89. The Balaban J connectivity index is 2.93. The van der Waals surface area contributed by atoms with Crippen LogP contribution < -0.4 is 9.66 Å². The summed E-state index contributed by atoms with van der Waals surface area (Å²) >= 11 is 0. The second-order valence-electron chi connectivity index (χ2n) is 2.92. The van der Waals surface area contributed by atoms with E-state index in [4.69, 9.17) is 9.66 Å². The average Bonchev–Trinajstić information content (AvgIpc) is 2.28. The van der Waals surface area contributed by atoms with Crippen molar-refractivity contribution in [1.29, 1.82) is 0 Å². The molecule has 17 heavy (non-hydrogen) atoms. The number of hydrogen-bond donors (Lipinski definition) is 1. The molecular formula is C8H12NO6PS. The van der Waals surface area contributed by atoms with Gasteiger partial charge in [-0.05, 0) is 24.3 Å². The average molecular weight is 281 g/mol. The molecule has 7 nitrogen and oxygen atoms in total. The lowest BCUT2D eigenvalue weighted by Gasteiger charge is -2.14. The van der Waals surface area contributed by atoms with E-state index in [2.05, 4.69) is 9.05 Å². The zero-order chi connectivity index (χ0) is 13.1. The number of primary sulfonamides is 1. The van der Waals surface area contributed by atoms with Gasteiger partial charge in [0, 0.05) is 14.2 Å². The van der Waals surface area contributed by atoms with Crippen LogP contribution in [-0.4, -0.2) is 22.6 Å². The van der Waals surface area contributed by atoms with Crippen molar-refractivity contribution in [2.45, 2.75) is 4.90 Å². The third kappa shape index (κ3) is 3.79. The maximum Gasteiger partial charge on any atom is 0.529 e. The molecule has 0 saturated heterocycles. The standard InChI is InChI=1S/C8H12NO6PS/c1-13-16(10,14-2)15-7-3-5-8(6-4-7)17(9,11)12/h3-6H,1-2H3,(H2,9,11,12). The third-order valence-corrected chi connectivity index (χ3v) is 4.07. The van der Waals surface area contributed by atoms with E-state index in [1.807, 2.05) is 0 Å². The van der Waals surface area contributed by atoms with E-state index in [0.717, 1.165) is 0 Å². The van der Waals surface area contributed by atoms with Crippen LogP contribution >= 0.6 is 7.82 Å². The fourth-order valence-corrected chi connectivity index (χ4v) is 2.16. The Kier molecular flexibility index (Phi) is 4.29. The number of phosphoric acid groups is 1. The van der Waals surface area contributed by atoms with Crippen LogP contribution in [0.3, 0.4) is 0 Å². The molecule has 2 N–H and O–H groups in total. The van der Waals surface area contributed by atoms with Gasteiger partial charge in [-0.3, -0.25) is 9.05 Å². The fraction of sp³-hybridized carbons (Fsp3) is 0.250. The van der Waals surface area contributed by atoms with Crippen LogP contribution in [0, 0.1) is 0 Å². The minimum Gasteiger partial charge on any atom is -0.404 e. The lowest BCUT2D eigenvalue weighted by atomic mass is 10.3.